The van der Waals surface area contributed by atoms with Crippen LogP contribution >= 0.6 is 0 Å². The Hall–Kier alpha value is -2.41. The zero-order chi connectivity index (χ0) is 19.3. The molecule has 0 saturated carbocycles. The molecule has 148 valence electrons. The average Bonchev–Trinajstić information content (AvgIpc) is 3.12. The normalized spacial score (nSPS) is 19.2. The smallest absolute Gasteiger partial charge is 0.319 e. The van der Waals surface area contributed by atoms with Gasteiger partial charge in [0.2, 0.25) is 0 Å². The number of fused-ring (bicyclic) bond motifs is 1. The fourth-order valence-corrected chi connectivity index (χ4v) is 3.96. The van der Waals surface area contributed by atoms with Gasteiger partial charge in [0.1, 0.15) is 0 Å². The molecular weight excluding hydrogens is 352 g/mol. The molecule has 0 bridgehead atoms. The summed E-state index contributed by atoms with van der Waals surface area (Å²) in [5.41, 5.74) is 5.66. The van der Waals surface area contributed by atoms with Crippen LogP contribution in [-0.2, 0) is 26.1 Å². The molecule has 6 heteroatoms. The zero-order valence-corrected chi connectivity index (χ0v) is 16.1. The number of likely N-dealkylation sites (tertiary alicyclic amines) is 1. The Kier molecular flexibility index (Phi) is 5.90. The Labute approximate surface area is 165 Å². The van der Waals surface area contributed by atoms with Crippen molar-refractivity contribution in [3.8, 4) is 0 Å². The number of nitrogens with one attached hydrogen (secondary N) is 3. The zero-order valence-electron chi connectivity index (χ0n) is 16.1. The highest BCUT2D eigenvalue weighted by atomic mass is 16.3. The quantitative estimate of drug-likeness (QED) is 0.642. The van der Waals surface area contributed by atoms with Gasteiger partial charge in [-0.15, -0.1) is 0 Å². The number of benzene rings is 2. The minimum atomic E-state index is -0.187. The molecular formula is C22H28N4O2. The first-order valence-corrected chi connectivity index (χ1v) is 10.0. The van der Waals surface area contributed by atoms with E-state index in [9.17, 15) is 9.90 Å². The highest BCUT2D eigenvalue weighted by molar-refractivity contribution is 5.90. The number of anilines is 1. The Balaban J connectivity index is 1.28. The number of urea groups is 1. The number of carbonyl (C=O) groups is 1. The monoisotopic (exact) mass is 380 g/mol. The van der Waals surface area contributed by atoms with Gasteiger partial charge in [0.05, 0.1) is 6.10 Å². The molecule has 2 aliphatic heterocycles. The predicted molar refractivity (Wildman–Crippen MR) is 110 cm³/mol. The van der Waals surface area contributed by atoms with Gasteiger partial charge in [0.25, 0.3) is 0 Å². The van der Waals surface area contributed by atoms with E-state index in [1.807, 2.05) is 12.1 Å². The molecule has 1 atom stereocenters. The van der Waals surface area contributed by atoms with Crippen LogP contribution in [0.5, 0.6) is 0 Å². The van der Waals surface area contributed by atoms with Crippen LogP contribution in [0.25, 0.3) is 0 Å². The number of rotatable bonds is 5. The number of hydrogen-bond donors (Lipinski definition) is 4. The second-order valence-corrected chi connectivity index (χ2v) is 7.67. The summed E-state index contributed by atoms with van der Waals surface area (Å²) in [4.78, 5) is 14.6. The number of β-amino-alcohol motifs (C(OH)–C–C–N with tert-alkyl or cyclic N) is 1. The van der Waals surface area contributed by atoms with Crippen LogP contribution in [0.2, 0.25) is 0 Å². The van der Waals surface area contributed by atoms with E-state index in [1.54, 1.807) is 0 Å². The Morgan fingerprint density at radius 2 is 2.00 bits per heavy atom. The molecule has 0 aliphatic carbocycles. The van der Waals surface area contributed by atoms with E-state index in [1.165, 1.54) is 16.7 Å². The maximum atomic E-state index is 12.3. The maximum Gasteiger partial charge on any atom is 0.319 e. The van der Waals surface area contributed by atoms with Crippen molar-refractivity contribution in [1.29, 1.82) is 0 Å². The summed E-state index contributed by atoms with van der Waals surface area (Å²) in [6.07, 6.45) is 1.67. The van der Waals surface area contributed by atoms with Crippen molar-refractivity contribution in [2.75, 3.05) is 25.0 Å². The predicted octanol–water partition coefficient (Wildman–Crippen LogP) is 2.22. The molecule has 2 aliphatic rings. The summed E-state index contributed by atoms with van der Waals surface area (Å²) < 4.78 is 0. The fourth-order valence-electron chi connectivity index (χ4n) is 3.96. The van der Waals surface area contributed by atoms with E-state index in [4.69, 9.17) is 0 Å². The molecule has 2 aromatic rings. The number of hydrogen-bond acceptors (Lipinski definition) is 4. The first-order chi connectivity index (χ1) is 13.7. The van der Waals surface area contributed by atoms with E-state index in [0.29, 0.717) is 6.54 Å². The van der Waals surface area contributed by atoms with Crippen molar-refractivity contribution < 1.29 is 9.90 Å². The summed E-state index contributed by atoms with van der Waals surface area (Å²) in [5, 5.41) is 18.9. The summed E-state index contributed by atoms with van der Waals surface area (Å²) in [5.74, 6) is 0. The second kappa shape index (κ2) is 8.73. The number of amides is 2. The van der Waals surface area contributed by atoms with Crippen LogP contribution in [0.3, 0.4) is 0 Å². The molecule has 0 aromatic heterocycles. The Morgan fingerprint density at radius 3 is 2.79 bits per heavy atom. The largest absolute Gasteiger partial charge is 0.392 e. The third kappa shape index (κ3) is 4.70. The van der Waals surface area contributed by atoms with Crippen LogP contribution in [0, 0.1) is 0 Å². The van der Waals surface area contributed by atoms with Crippen molar-refractivity contribution in [3.63, 3.8) is 0 Å². The fraction of sp³-hybridized carbons (Fsp3) is 0.409. The molecule has 0 radical (unpaired) electrons. The van der Waals surface area contributed by atoms with Gasteiger partial charge in [-0.25, -0.2) is 4.79 Å². The third-order valence-corrected chi connectivity index (χ3v) is 5.52. The lowest BCUT2D eigenvalue weighted by atomic mass is 9.99. The Morgan fingerprint density at radius 1 is 1.18 bits per heavy atom. The molecule has 4 rings (SSSR count). The molecule has 6 nitrogen and oxygen atoms in total. The van der Waals surface area contributed by atoms with E-state index in [0.717, 1.165) is 56.8 Å². The van der Waals surface area contributed by atoms with E-state index in [2.05, 4.69) is 51.2 Å². The second-order valence-electron chi connectivity index (χ2n) is 7.67. The molecule has 1 unspecified atom stereocenters. The van der Waals surface area contributed by atoms with Gasteiger partial charge in [-0.05, 0) is 47.7 Å². The molecule has 1 saturated heterocycles. The molecule has 2 aromatic carbocycles. The van der Waals surface area contributed by atoms with Crippen molar-refractivity contribution in [1.82, 2.24) is 15.5 Å². The highest BCUT2D eigenvalue weighted by Gasteiger charge is 2.19. The molecule has 4 N–H and O–H groups in total. The third-order valence-electron chi connectivity index (χ3n) is 5.52. The lowest BCUT2D eigenvalue weighted by molar-refractivity contribution is 0.175. The van der Waals surface area contributed by atoms with Gasteiger partial charge < -0.3 is 21.1 Å². The number of aliphatic hydroxyl groups excluding tert-OH is 1. The van der Waals surface area contributed by atoms with Gasteiger partial charge in [-0.2, -0.15) is 0 Å². The van der Waals surface area contributed by atoms with Crippen LogP contribution in [0.4, 0.5) is 10.5 Å². The van der Waals surface area contributed by atoms with Crippen molar-refractivity contribution >= 4 is 11.7 Å². The van der Waals surface area contributed by atoms with Gasteiger partial charge in [0.15, 0.2) is 0 Å². The van der Waals surface area contributed by atoms with Crippen LogP contribution in [0.1, 0.15) is 28.7 Å². The van der Waals surface area contributed by atoms with E-state index in [-0.39, 0.29) is 12.1 Å². The SMILES string of the molecule is O=C(NCc1ccc(CN2CCC(O)C2)cc1)Nc1cccc2c1CNCC2. The molecule has 2 amide bonds. The van der Waals surface area contributed by atoms with Crippen LogP contribution < -0.4 is 16.0 Å². The van der Waals surface area contributed by atoms with E-state index < -0.39 is 0 Å². The minimum absolute atomic E-state index is 0.186. The highest BCUT2D eigenvalue weighted by Crippen LogP contribution is 2.22. The van der Waals surface area contributed by atoms with Gasteiger partial charge in [-0.3, -0.25) is 4.90 Å². The summed E-state index contributed by atoms with van der Waals surface area (Å²) >= 11 is 0. The van der Waals surface area contributed by atoms with Crippen molar-refractivity contribution in [2.24, 2.45) is 0 Å². The number of carbonyl (C=O) groups excluding carboxylic acids is 1. The summed E-state index contributed by atoms with van der Waals surface area (Å²) in [6.45, 7) is 4.82. The Bertz CT molecular complexity index is 822. The maximum absolute atomic E-state index is 12.3. The van der Waals surface area contributed by atoms with E-state index >= 15 is 0 Å². The topological polar surface area (TPSA) is 76.6 Å². The molecule has 0 spiro atoms. The van der Waals surface area contributed by atoms with Gasteiger partial charge in [0, 0.05) is 38.4 Å². The first-order valence-electron chi connectivity index (χ1n) is 10.0. The van der Waals surface area contributed by atoms with Gasteiger partial charge >= 0.3 is 6.03 Å². The number of aliphatic hydroxyl groups is 1. The molecule has 28 heavy (non-hydrogen) atoms. The van der Waals surface area contributed by atoms with Crippen LogP contribution in [-0.4, -0.2) is 41.8 Å². The summed E-state index contributed by atoms with van der Waals surface area (Å²) in [6, 6.07) is 14.2. The lowest BCUT2D eigenvalue weighted by Crippen LogP contribution is -2.30. The first kappa shape index (κ1) is 18.9. The molecule has 2 heterocycles. The lowest BCUT2D eigenvalue weighted by Gasteiger charge is -2.20. The van der Waals surface area contributed by atoms with Gasteiger partial charge in [-0.1, -0.05) is 36.4 Å². The standard InChI is InChI=1S/C22H28N4O2/c27-19-9-11-26(15-19)14-17-6-4-16(5-7-17)12-24-22(28)25-21-3-1-2-18-8-10-23-13-20(18)21/h1-7,19,23,27H,8-15H2,(H2,24,25,28). The van der Waals surface area contributed by atoms with Crippen molar-refractivity contribution in [3.05, 3.63) is 64.7 Å². The minimum Gasteiger partial charge on any atom is -0.392 e. The van der Waals surface area contributed by atoms with Crippen molar-refractivity contribution in [2.45, 2.75) is 38.6 Å². The molecule has 1 fully saturated rings. The summed E-state index contributed by atoms with van der Waals surface area (Å²) in [7, 11) is 0. The number of nitrogens with zero attached hydrogens (tertiary/aromatic N) is 1. The average molecular weight is 380 g/mol. The van der Waals surface area contributed by atoms with Crippen LogP contribution in [0.15, 0.2) is 42.5 Å².